The van der Waals surface area contributed by atoms with Gasteiger partial charge in [-0.05, 0) is 32.0 Å². The van der Waals surface area contributed by atoms with Crippen LogP contribution in [0.15, 0.2) is 18.7 Å². The van der Waals surface area contributed by atoms with Crippen LogP contribution >= 0.6 is 12.2 Å². The summed E-state index contributed by atoms with van der Waals surface area (Å²) < 4.78 is 2.05. The lowest BCUT2D eigenvalue weighted by Crippen LogP contribution is -2.45. The van der Waals surface area contributed by atoms with E-state index in [9.17, 15) is 0 Å². The van der Waals surface area contributed by atoms with Gasteiger partial charge in [0.25, 0.3) is 0 Å². The van der Waals surface area contributed by atoms with Crippen LogP contribution < -0.4 is 10.6 Å². The van der Waals surface area contributed by atoms with Crippen LogP contribution in [0.25, 0.3) is 0 Å². The molecular weight excluding hydrogens is 232 g/mol. The number of nitrogens with one attached hydrogen (secondary N) is 2. The molecule has 0 spiro atoms. The molecule has 0 amide bonds. The molecule has 4 nitrogen and oxygen atoms in total. The van der Waals surface area contributed by atoms with Crippen LogP contribution in [0.3, 0.4) is 0 Å². The van der Waals surface area contributed by atoms with Crippen molar-refractivity contribution in [1.29, 1.82) is 0 Å². The molecular formula is C12H20N4S. The first kappa shape index (κ1) is 12.4. The Labute approximate surface area is 108 Å². The number of nitrogens with zero attached hydrogens (tertiary/aromatic N) is 2. The second-order valence-electron chi connectivity index (χ2n) is 4.76. The van der Waals surface area contributed by atoms with E-state index in [1.807, 2.05) is 12.5 Å². The summed E-state index contributed by atoms with van der Waals surface area (Å²) in [5.74, 6) is 0. The lowest BCUT2D eigenvalue weighted by Gasteiger charge is -2.20. The molecule has 2 rings (SSSR count). The molecule has 0 saturated heterocycles. The summed E-state index contributed by atoms with van der Waals surface area (Å²) in [6.45, 7) is 3.01. The van der Waals surface area contributed by atoms with E-state index in [-0.39, 0.29) is 0 Å². The van der Waals surface area contributed by atoms with E-state index in [4.69, 9.17) is 12.2 Å². The van der Waals surface area contributed by atoms with Crippen molar-refractivity contribution in [1.82, 2.24) is 20.2 Å². The third-order valence-corrected chi connectivity index (χ3v) is 3.35. The molecule has 1 atom stereocenters. The van der Waals surface area contributed by atoms with Gasteiger partial charge in [-0.15, -0.1) is 0 Å². The van der Waals surface area contributed by atoms with Crippen molar-refractivity contribution >= 4 is 17.3 Å². The van der Waals surface area contributed by atoms with Crippen LogP contribution in [0.4, 0.5) is 0 Å². The first-order valence-corrected chi connectivity index (χ1v) is 6.67. The summed E-state index contributed by atoms with van der Waals surface area (Å²) in [4.78, 5) is 4.02. The first-order chi connectivity index (χ1) is 8.24. The summed E-state index contributed by atoms with van der Waals surface area (Å²) in [6, 6.07) is 0.890. The first-order valence-electron chi connectivity index (χ1n) is 6.27. The fourth-order valence-electron chi connectivity index (χ4n) is 2.28. The highest BCUT2D eigenvalue weighted by Gasteiger charge is 2.16. The Kier molecular flexibility index (Phi) is 4.36. The standard InChI is InChI=1S/C12H20N4S/c1-10(8-16-7-6-13-9-16)14-12(17)15-11-4-2-3-5-11/h6-7,9-11H,2-5,8H2,1H3,(H2,14,15,17). The van der Waals surface area contributed by atoms with Gasteiger partial charge < -0.3 is 15.2 Å². The average Bonchev–Trinajstić information content (AvgIpc) is 2.90. The predicted molar refractivity (Wildman–Crippen MR) is 72.8 cm³/mol. The minimum absolute atomic E-state index is 0.311. The molecule has 1 heterocycles. The monoisotopic (exact) mass is 252 g/mol. The maximum Gasteiger partial charge on any atom is 0.166 e. The van der Waals surface area contributed by atoms with Gasteiger partial charge in [0.15, 0.2) is 5.11 Å². The molecule has 1 aliphatic rings. The van der Waals surface area contributed by atoms with Crippen molar-refractivity contribution in [3.05, 3.63) is 18.7 Å². The van der Waals surface area contributed by atoms with E-state index in [1.165, 1.54) is 25.7 Å². The van der Waals surface area contributed by atoms with Gasteiger partial charge in [0.1, 0.15) is 0 Å². The zero-order chi connectivity index (χ0) is 12.1. The van der Waals surface area contributed by atoms with E-state index in [0.717, 1.165) is 11.7 Å². The van der Waals surface area contributed by atoms with Crippen LogP contribution in [-0.4, -0.2) is 26.7 Å². The van der Waals surface area contributed by atoms with E-state index in [2.05, 4.69) is 27.1 Å². The Morgan fingerprint density at radius 3 is 2.94 bits per heavy atom. The van der Waals surface area contributed by atoms with Gasteiger partial charge in [0.05, 0.1) is 6.33 Å². The van der Waals surface area contributed by atoms with Gasteiger partial charge in [-0.1, -0.05) is 12.8 Å². The predicted octanol–water partition coefficient (Wildman–Crippen LogP) is 1.68. The highest BCUT2D eigenvalue weighted by Crippen LogP contribution is 2.17. The molecule has 1 aliphatic carbocycles. The molecule has 17 heavy (non-hydrogen) atoms. The largest absolute Gasteiger partial charge is 0.360 e. The summed E-state index contributed by atoms with van der Waals surface area (Å²) in [5.41, 5.74) is 0. The SMILES string of the molecule is CC(Cn1ccnc1)NC(=S)NC1CCCC1. The zero-order valence-electron chi connectivity index (χ0n) is 10.2. The van der Waals surface area contributed by atoms with Crippen molar-refractivity contribution < 1.29 is 0 Å². The van der Waals surface area contributed by atoms with Crippen molar-refractivity contribution in [2.75, 3.05) is 0 Å². The van der Waals surface area contributed by atoms with Crippen LogP contribution in [0.1, 0.15) is 32.6 Å². The molecule has 1 unspecified atom stereocenters. The summed E-state index contributed by atoms with van der Waals surface area (Å²) in [6.07, 6.45) is 10.7. The Balaban J connectivity index is 1.70. The van der Waals surface area contributed by atoms with Crippen molar-refractivity contribution in [3.63, 3.8) is 0 Å². The van der Waals surface area contributed by atoms with E-state index in [0.29, 0.717) is 12.1 Å². The summed E-state index contributed by atoms with van der Waals surface area (Å²) in [7, 11) is 0. The Hall–Kier alpha value is -1.10. The molecule has 5 heteroatoms. The minimum Gasteiger partial charge on any atom is -0.360 e. The quantitative estimate of drug-likeness (QED) is 0.800. The lowest BCUT2D eigenvalue weighted by atomic mass is 10.2. The molecule has 1 fully saturated rings. The summed E-state index contributed by atoms with van der Waals surface area (Å²) in [5, 5.41) is 7.48. The molecule has 0 aliphatic heterocycles. The fourth-order valence-corrected chi connectivity index (χ4v) is 2.65. The van der Waals surface area contributed by atoms with Crippen molar-refractivity contribution in [2.45, 2.75) is 51.2 Å². The van der Waals surface area contributed by atoms with Gasteiger partial charge in [-0.2, -0.15) is 0 Å². The third kappa shape index (κ3) is 4.00. The van der Waals surface area contributed by atoms with E-state index < -0.39 is 0 Å². The molecule has 2 N–H and O–H groups in total. The average molecular weight is 252 g/mol. The van der Waals surface area contributed by atoms with Crippen LogP contribution in [0.2, 0.25) is 0 Å². The number of thiocarbonyl (C=S) groups is 1. The molecule has 0 aromatic carbocycles. The Morgan fingerprint density at radius 2 is 2.29 bits per heavy atom. The van der Waals surface area contributed by atoms with Crippen LogP contribution in [0, 0.1) is 0 Å². The highest BCUT2D eigenvalue weighted by molar-refractivity contribution is 7.80. The number of imidazole rings is 1. The smallest absolute Gasteiger partial charge is 0.166 e. The number of hydrogen-bond acceptors (Lipinski definition) is 2. The molecule has 1 aromatic rings. The van der Waals surface area contributed by atoms with Gasteiger partial charge >= 0.3 is 0 Å². The minimum atomic E-state index is 0.311. The zero-order valence-corrected chi connectivity index (χ0v) is 11.0. The van der Waals surface area contributed by atoms with Crippen molar-refractivity contribution in [3.8, 4) is 0 Å². The molecule has 0 bridgehead atoms. The lowest BCUT2D eigenvalue weighted by molar-refractivity contribution is 0.531. The van der Waals surface area contributed by atoms with Crippen LogP contribution in [0.5, 0.6) is 0 Å². The van der Waals surface area contributed by atoms with Crippen molar-refractivity contribution in [2.24, 2.45) is 0 Å². The molecule has 0 radical (unpaired) electrons. The molecule has 94 valence electrons. The number of aromatic nitrogens is 2. The molecule has 1 aromatic heterocycles. The van der Waals surface area contributed by atoms with Gasteiger partial charge in [-0.25, -0.2) is 4.98 Å². The van der Waals surface area contributed by atoms with Gasteiger partial charge in [0.2, 0.25) is 0 Å². The molecule has 1 saturated carbocycles. The third-order valence-electron chi connectivity index (χ3n) is 3.11. The van der Waals surface area contributed by atoms with Gasteiger partial charge in [-0.3, -0.25) is 0 Å². The van der Waals surface area contributed by atoms with E-state index in [1.54, 1.807) is 6.20 Å². The topological polar surface area (TPSA) is 41.9 Å². The maximum atomic E-state index is 5.32. The van der Waals surface area contributed by atoms with Crippen LogP contribution in [-0.2, 0) is 6.54 Å². The van der Waals surface area contributed by atoms with Gasteiger partial charge in [0, 0.05) is 31.0 Å². The summed E-state index contributed by atoms with van der Waals surface area (Å²) >= 11 is 5.32. The normalized spacial score (nSPS) is 17.9. The Bertz CT molecular complexity index is 343. The highest BCUT2D eigenvalue weighted by atomic mass is 32.1. The number of rotatable bonds is 4. The second kappa shape index (κ2) is 6.00. The fraction of sp³-hybridized carbons (Fsp3) is 0.667. The van der Waals surface area contributed by atoms with E-state index >= 15 is 0 Å². The maximum absolute atomic E-state index is 5.32. The second-order valence-corrected chi connectivity index (χ2v) is 5.17. The number of hydrogen-bond donors (Lipinski definition) is 2. The Morgan fingerprint density at radius 1 is 1.53 bits per heavy atom.